The van der Waals surface area contributed by atoms with Crippen LogP contribution in [0.5, 0.6) is 0 Å². The third-order valence-corrected chi connectivity index (χ3v) is 5.44. The zero-order valence-corrected chi connectivity index (χ0v) is 17.6. The van der Waals surface area contributed by atoms with E-state index in [2.05, 4.69) is 24.1 Å². The number of anilines is 1. The number of aliphatic hydroxyl groups excluding tert-OH is 1. The summed E-state index contributed by atoms with van der Waals surface area (Å²) < 4.78 is 1.43. The zero-order valence-electron chi connectivity index (χ0n) is 16.8. The number of nitrogens with zero attached hydrogens (tertiary/aromatic N) is 2. The number of amides is 1. The maximum absolute atomic E-state index is 12.8. The van der Waals surface area contributed by atoms with Crippen LogP contribution in [0, 0.1) is 0 Å². The molecule has 0 saturated carbocycles. The van der Waals surface area contributed by atoms with Gasteiger partial charge in [0.25, 0.3) is 5.56 Å². The normalized spacial score (nSPS) is 12.3. The minimum absolute atomic E-state index is 0.108. The molecule has 3 aromatic rings. The summed E-state index contributed by atoms with van der Waals surface area (Å²) in [7, 11) is 0. The van der Waals surface area contributed by atoms with Gasteiger partial charge >= 0.3 is 0 Å². The van der Waals surface area contributed by atoms with E-state index in [1.807, 2.05) is 30.3 Å². The van der Waals surface area contributed by atoms with Gasteiger partial charge in [-0.25, -0.2) is 4.98 Å². The summed E-state index contributed by atoms with van der Waals surface area (Å²) in [5.41, 5.74) is 2.29. The Morgan fingerprint density at radius 3 is 2.48 bits per heavy atom. The molecule has 152 valence electrons. The van der Waals surface area contributed by atoms with Crippen molar-refractivity contribution in [2.24, 2.45) is 0 Å². The Kier molecular flexibility index (Phi) is 6.71. The fraction of sp³-hybridized carbons (Fsp3) is 0.318. The number of para-hydroxylation sites is 1. The van der Waals surface area contributed by atoms with E-state index in [1.54, 1.807) is 25.1 Å². The number of nitrogens with one attached hydrogen (secondary N) is 1. The summed E-state index contributed by atoms with van der Waals surface area (Å²) in [5, 5.41) is 13.6. The first-order chi connectivity index (χ1) is 13.8. The van der Waals surface area contributed by atoms with Gasteiger partial charge in [0.1, 0.15) is 0 Å². The Morgan fingerprint density at radius 2 is 1.83 bits per heavy atom. The highest BCUT2D eigenvalue weighted by Gasteiger charge is 2.14. The maximum atomic E-state index is 12.8. The first kappa shape index (κ1) is 21.1. The average Bonchev–Trinajstić information content (AvgIpc) is 2.69. The highest BCUT2D eigenvalue weighted by molar-refractivity contribution is 7.99. The van der Waals surface area contributed by atoms with Gasteiger partial charge in [0.15, 0.2) is 5.16 Å². The smallest absolute Gasteiger partial charge is 0.262 e. The topological polar surface area (TPSA) is 84.2 Å². The van der Waals surface area contributed by atoms with Gasteiger partial charge in [-0.05, 0) is 42.7 Å². The highest BCUT2D eigenvalue weighted by atomic mass is 32.2. The van der Waals surface area contributed by atoms with Crippen LogP contribution in [0.4, 0.5) is 5.69 Å². The van der Waals surface area contributed by atoms with Crippen LogP contribution >= 0.6 is 11.8 Å². The lowest BCUT2D eigenvalue weighted by atomic mass is 10.0. The molecular formula is C22H25N3O3S. The number of carbonyl (C=O) groups excluding carboxylic acids is 1. The highest BCUT2D eigenvalue weighted by Crippen LogP contribution is 2.20. The summed E-state index contributed by atoms with van der Waals surface area (Å²) >= 11 is 1.18. The molecule has 29 heavy (non-hydrogen) atoms. The number of hydrogen-bond donors (Lipinski definition) is 2. The van der Waals surface area contributed by atoms with E-state index < -0.39 is 6.10 Å². The van der Waals surface area contributed by atoms with Crippen molar-refractivity contribution in [2.75, 3.05) is 11.1 Å². The van der Waals surface area contributed by atoms with Crippen molar-refractivity contribution in [3.8, 4) is 0 Å². The van der Waals surface area contributed by atoms with Crippen LogP contribution < -0.4 is 10.9 Å². The predicted molar refractivity (Wildman–Crippen MR) is 118 cm³/mol. The summed E-state index contributed by atoms with van der Waals surface area (Å²) in [4.78, 5) is 29.7. The number of benzene rings is 2. The van der Waals surface area contributed by atoms with Gasteiger partial charge in [-0.1, -0.05) is 49.9 Å². The molecule has 6 nitrogen and oxygen atoms in total. The molecule has 1 atom stereocenters. The van der Waals surface area contributed by atoms with Crippen molar-refractivity contribution in [2.45, 2.75) is 44.5 Å². The Balaban J connectivity index is 1.76. The van der Waals surface area contributed by atoms with Gasteiger partial charge in [-0.3, -0.25) is 14.2 Å². The Hall–Kier alpha value is -2.64. The van der Waals surface area contributed by atoms with Gasteiger partial charge in [-0.15, -0.1) is 0 Å². The van der Waals surface area contributed by atoms with E-state index >= 15 is 0 Å². The zero-order chi connectivity index (χ0) is 21.0. The molecule has 0 unspecified atom stereocenters. The minimum Gasteiger partial charge on any atom is -0.392 e. The van der Waals surface area contributed by atoms with Crippen LogP contribution in [-0.4, -0.2) is 32.4 Å². The van der Waals surface area contributed by atoms with Crippen molar-refractivity contribution in [1.29, 1.82) is 0 Å². The van der Waals surface area contributed by atoms with E-state index in [9.17, 15) is 14.7 Å². The van der Waals surface area contributed by atoms with Gasteiger partial charge in [0, 0.05) is 5.69 Å². The largest absolute Gasteiger partial charge is 0.392 e. The summed E-state index contributed by atoms with van der Waals surface area (Å²) in [6, 6.07) is 14.8. The Morgan fingerprint density at radius 1 is 1.14 bits per heavy atom. The molecule has 0 fully saturated rings. The third-order valence-electron chi connectivity index (χ3n) is 4.47. The number of carbonyl (C=O) groups is 1. The van der Waals surface area contributed by atoms with Crippen molar-refractivity contribution < 1.29 is 9.90 Å². The van der Waals surface area contributed by atoms with Crippen molar-refractivity contribution >= 4 is 34.3 Å². The molecule has 1 amide bonds. The van der Waals surface area contributed by atoms with Gasteiger partial charge < -0.3 is 10.4 Å². The van der Waals surface area contributed by atoms with E-state index in [0.717, 1.165) is 5.69 Å². The van der Waals surface area contributed by atoms with Crippen LogP contribution in [0.2, 0.25) is 0 Å². The SMILES string of the molecule is CC(C)c1ccc(NC(=O)CSc2nc3ccccc3c(=O)n2C[C@H](C)O)cc1. The first-order valence-electron chi connectivity index (χ1n) is 9.55. The molecule has 7 heteroatoms. The second kappa shape index (κ2) is 9.24. The number of hydrogen-bond acceptors (Lipinski definition) is 5. The molecule has 0 radical (unpaired) electrons. The van der Waals surface area contributed by atoms with Crippen LogP contribution in [0.15, 0.2) is 58.5 Å². The molecule has 1 heterocycles. The van der Waals surface area contributed by atoms with Crippen LogP contribution in [0.3, 0.4) is 0 Å². The van der Waals surface area contributed by atoms with E-state index in [0.29, 0.717) is 22.0 Å². The monoisotopic (exact) mass is 411 g/mol. The van der Waals surface area contributed by atoms with Crippen molar-refractivity contribution in [3.05, 3.63) is 64.4 Å². The summed E-state index contributed by atoms with van der Waals surface area (Å²) in [6.45, 7) is 5.97. The number of aliphatic hydroxyl groups is 1. The molecule has 0 aliphatic carbocycles. The van der Waals surface area contributed by atoms with Crippen LogP contribution in [0.25, 0.3) is 10.9 Å². The van der Waals surface area contributed by atoms with Crippen molar-refractivity contribution in [1.82, 2.24) is 9.55 Å². The second-order valence-electron chi connectivity index (χ2n) is 7.29. The lowest BCUT2D eigenvalue weighted by molar-refractivity contribution is -0.113. The lowest BCUT2D eigenvalue weighted by Crippen LogP contribution is -2.28. The van der Waals surface area contributed by atoms with Crippen LogP contribution in [-0.2, 0) is 11.3 Å². The quantitative estimate of drug-likeness (QED) is 0.458. The Labute approximate surface area is 174 Å². The first-order valence-corrected chi connectivity index (χ1v) is 10.5. The molecule has 0 bridgehead atoms. The molecule has 1 aromatic heterocycles. The van der Waals surface area contributed by atoms with Gasteiger partial charge in [0.05, 0.1) is 29.3 Å². The predicted octanol–water partition coefficient (Wildman–Crippen LogP) is 3.63. The summed E-state index contributed by atoms with van der Waals surface area (Å²) in [5.74, 6) is 0.356. The molecular weight excluding hydrogens is 386 g/mol. The molecule has 0 saturated heterocycles. The summed E-state index contributed by atoms with van der Waals surface area (Å²) in [6.07, 6.45) is -0.705. The van der Waals surface area contributed by atoms with Gasteiger partial charge in [-0.2, -0.15) is 0 Å². The molecule has 0 aliphatic rings. The lowest BCUT2D eigenvalue weighted by Gasteiger charge is -2.14. The van der Waals surface area contributed by atoms with Crippen LogP contribution in [0.1, 0.15) is 32.3 Å². The molecule has 0 aliphatic heterocycles. The minimum atomic E-state index is -0.705. The van der Waals surface area contributed by atoms with Crippen molar-refractivity contribution in [3.63, 3.8) is 0 Å². The third kappa shape index (κ3) is 5.25. The fourth-order valence-corrected chi connectivity index (χ4v) is 3.77. The maximum Gasteiger partial charge on any atom is 0.262 e. The fourth-order valence-electron chi connectivity index (χ4n) is 2.96. The van der Waals surface area contributed by atoms with E-state index in [1.165, 1.54) is 21.9 Å². The van der Waals surface area contributed by atoms with E-state index in [4.69, 9.17) is 0 Å². The van der Waals surface area contributed by atoms with E-state index in [-0.39, 0.29) is 23.8 Å². The molecule has 0 spiro atoms. The number of fused-ring (bicyclic) bond motifs is 1. The van der Waals surface area contributed by atoms with Gasteiger partial charge in [0.2, 0.25) is 5.91 Å². The number of thioether (sulfide) groups is 1. The molecule has 2 N–H and O–H groups in total. The average molecular weight is 412 g/mol. The molecule has 3 rings (SSSR count). The molecule has 2 aromatic carbocycles. The number of rotatable bonds is 7. The standard InChI is InChI=1S/C22H25N3O3S/c1-14(2)16-8-10-17(11-9-16)23-20(27)13-29-22-24-19-7-5-4-6-18(19)21(28)25(22)12-15(3)26/h4-11,14-15,26H,12-13H2,1-3H3,(H,23,27)/t15-/m0/s1. The number of aromatic nitrogens is 2. The Bertz CT molecular complexity index is 1060. The second-order valence-corrected chi connectivity index (χ2v) is 8.23.